The van der Waals surface area contributed by atoms with Crippen molar-refractivity contribution in [3.05, 3.63) is 11.6 Å². The maximum atomic E-state index is 11.3. The van der Waals surface area contributed by atoms with Crippen LogP contribution in [0.5, 0.6) is 0 Å². The van der Waals surface area contributed by atoms with Crippen LogP contribution in [0, 0.1) is 5.92 Å². The van der Waals surface area contributed by atoms with Crippen molar-refractivity contribution in [2.75, 3.05) is 5.32 Å². The summed E-state index contributed by atoms with van der Waals surface area (Å²) in [6.45, 7) is 3.57. The lowest BCUT2D eigenvalue weighted by Gasteiger charge is -2.12. The van der Waals surface area contributed by atoms with E-state index >= 15 is 0 Å². The number of aromatic nitrogens is 1. The summed E-state index contributed by atoms with van der Waals surface area (Å²) in [4.78, 5) is 15.1. The number of rotatable bonds is 3. The highest BCUT2D eigenvalue weighted by molar-refractivity contribution is 7.13. The summed E-state index contributed by atoms with van der Waals surface area (Å²) in [7, 11) is 0. The molecule has 0 aliphatic rings. The molecule has 2 N–H and O–H groups in total. The molecule has 0 aliphatic carbocycles. The van der Waals surface area contributed by atoms with Crippen molar-refractivity contribution < 1.29 is 9.90 Å². The van der Waals surface area contributed by atoms with Crippen LogP contribution in [0.15, 0.2) is 11.6 Å². The molecule has 0 spiro atoms. The van der Waals surface area contributed by atoms with Crippen LogP contribution in [0.2, 0.25) is 0 Å². The minimum absolute atomic E-state index is 0.0834. The molecule has 1 aromatic heterocycles. The fraction of sp³-hybridized carbons (Fsp3) is 0.500. The number of carbonyl (C=O) groups is 1. The van der Waals surface area contributed by atoms with Gasteiger partial charge < -0.3 is 5.11 Å². The quantitative estimate of drug-likeness (QED) is 0.768. The van der Waals surface area contributed by atoms with Crippen molar-refractivity contribution >= 4 is 22.4 Å². The van der Waals surface area contributed by atoms with Crippen molar-refractivity contribution in [3.8, 4) is 0 Å². The molecule has 72 valence electrons. The van der Waals surface area contributed by atoms with Gasteiger partial charge in [-0.05, 0) is 5.92 Å². The molecule has 0 aromatic carbocycles. The minimum Gasteiger partial charge on any atom is -0.383 e. The lowest BCUT2D eigenvalue weighted by molar-refractivity contribution is -0.125. The van der Waals surface area contributed by atoms with Crippen LogP contribution >= 0.6 is 11.3 Å². The third-order valence-electron chi connectivity index (χ3n) is 1.56. The summed E-state index contributed by atoms with van der Waals surface area (Å²) < 4.78 is 0. The van der Waals surface area contributed by atoms with Gasteiger partial charge in [-0.2, -0.15) is 0 Å². The Morgan fingerprint density at radius 2 is 2.38 bits per heavy atom. The normalized spacial score (nSPS) is 12.9. The monoisotopic (exact) mass is 200 g/mol. The number of hydrogen-bond donors (Lipinski definition) is 2. The smallest absolute Gasteiger partial charge is 0.255 e. The molecule has 13 heavy (non-hydrogen) atoms. The number of amides is 1. The predicted octanol–water partition coefficient (Wildman–Crippen LogP) is 1.10. The Morgan fingerprint density at radius 1 is 1.69 bits per heavy atom. The Labute approximate surface area is 80.6 Å². The van der Waals surface area contributed by atoms with Gasteiger partial charge in [-0.3, -0.25) is 10.1 Å². The van der Waals surface area contributed by atoms with Gasteiger partial charge in [-0.15, -0.1) is 11.3 Å². The zero-order valence-corrected chi connectivity index (χ0v) is 8.34. The van der Waals surface area contributed by atoms with Gasteiger partial charge in [0.1, 0.15) is 6.10 Å². The standard InChI is InChI=1S/C8H12N2O2S/c1-5(2)6(11)7(12)10-8-9-3-4-13-8/h3-6,11H,1-2H3,(H,9,10,12)/t6-/m1/s1. The Hall–Kier alpha value is -0.940. The van der Waals surface area contributed by atoms with Crippen molar-refractivity contribution in [3.63, 3.8) is 0 Å². The molecule has 1 aromatic rings. The van der Waals surface area contributed by atoms with E-state index in [1.54, 1.807) is 25.4 Å². The highest BCUT2D eigenvalue weighted by atomic mass is 32.1. The summed E-state index contributed by atoms with van der Waals surface area (Å²) in [6.07, 6.45) is 0.631. The average Bonchev–Trinajstić information content (AvgIpc) is 2.55. The number of aliphatic hydroxyl groups excluding tert-OH is 1. The maximum absolute atomic E-state index is 11.3. The molecular formula is C8H12N2O2S. The number of thiazole rings is 1. The Morgan fingerprint density at radius 3 is 2.85 bits per heavy atom. The van der Waals surface area contributed by atoms with E-state index in [1.165, 1.54) is 11.3 Å². The fourth-order valence-electron chi connectivity index (χ4n) is 0.767. The lowest BCUT2D eigenvalue weighted by Crippen LogP contribution is -2.31. The molecule has 0 bridgehead atoms. The molecule has 0 saturated heterocycles. The average molecular weight is 200 g/mol. The number of hydrogen-bond acceptors (Lipinski definition) is 4. The van der Waals surface area contributed by atoms with Crippen LogP contribution in [0.25, 0.3) is 0 Å². The summed E-state index contributed by atoms with van der Waals surface area (Å²) in [5.74, 6) is -0.482. The number of anilines is 1. The van der Waals surface area contributed by atoms with Gasteiger partial charge in [0.25, 0.3) is 5.91 Å². The molecule has 1 atom stereocenters. The van der Waals surface area contributed by atoms with E-state index in [0.29, 0.717) is 5.13 Å². The van der Waals surface area contributed by atoms with Gasteiger partial charge in [0, 0.05) is 11.6 Å². The Bertz CT molecular complexity index is 272. The van der Waals surface area contributed by atoms with E-state index in [0.717, 1.165) is 0 Å². The molecule has 0 fully saturated rings. The van der Waals surface area contributed by atoms with Crippen LogP contribution < -0.4 is 5.32 Å². The molecular weight excluding hydrogens is 188 g/mol. The molecule has 0 aliphatic heterocycles. The topological polar surface area (TPSA) is 62.2 Å². The lowest BCUT2D eigenvalue weighted by atomic mass is 10.1. The summed E-state index contributed by atoms with van der Waals surface area (Å²) >= 11 is 1.33. The van der Waals surface area contributed by atoms with Gasteiger partial charge >= 0.3 is 0 Å². The van der Waals surface area contributed by atoms with Gasteiger partial charge in [0.05, 0.1) is 0 Å². The third kappa shape index (κ3) is 2.78. The summed E-state index contributed by atoms with van der Waals surface area (Å²) in [5.41, 5.74) is 0. The first-order valence-corrected chi connectivity index (χ1v) is 4.87. The Balaban J connectivity index is 2.51. The van der Waals surface area contributed by atoms with Crippen molar-refractivity contribution in [1.29, 1.82) is 0 Å². The number of nitrogens with zero attached hydrogens (tertiary/aromatic N) is 1. The van der Waals surface area contributed by atoms with Crippen LogP contribution in [-0.2, 0) is 4.79 Å². The van der Waals surface area contributed by atoms with Crippen LogP contribution in [0.4, 0.5) is 5.13 Å². The second kappa shape index (κ2) is 4.34. The van der Waals surface area contributed by atoms with Crippen LogP contribution in [-0.4, -0.2) is 22.1 Å². The maximum Gasteiger partial charge on any atom is 0.255 e. The zero-order chi connectivity index (χ0) is 9.84. The first-order chi connectivity index (χ1) is 6.11. The highest BCUT2D eigenvalue weighted by Gasteiger charge is 2.19. The molecule has 4 nitrogen and oxygen atoms in total. The van der Waals surface area contributed by atoms with Crippen molar-refractivity contribution in [1.82, 2.24) is 4.98 Å². The summed E-state index contributed by atoms with van der Waals surface area (Å²) in [5, 5.41) is 14.2. The molecule has 1 heterocycles. The van der Waals surface area contributed by atoms with E-state index in [4.69, 9.17) is 0 Å². The van der Waals surface area contributed by atoms with Crippen LogP contribution in [0.1, 0.15) is 13.8 Å². The van der Waals surface area contributed by atoms with E-state index < -0.39 is 12.0 Å². The molecule has 1 rings (SSSR count). The second-order valence-electron chi connectivity index (χ2n) is 3.02. The fourth-order valence-corrected chi connectivity index (χ4v) is 1.30. The summed E-state index contributed by atoms with van der Waals surface area (Å²) in [6, 6.07) is 0. The molecule has 0 radical (unpaired) electrons. The number of carbonyl (C=O) groups excluding carboxylic acids is 1. The van der Waals surface area contributed by atoms with E-state index in [9.17, 15) is 9.90 Å². The molecule has 0 unspecified atom stereocenters. The van der Waals surface area contributed by atoms with E-state index in [-0.39, 0.29) is 5.92 Å². The first-order valence-electron chi connectivity index (χ1n) is 3.99. The minimum atomic E-state index is -0.969. The van der Waals surface area contributed by atoms with Gasteiger partial charge in [0.15, 0.2) is 5.13 Å². The number of nitrogens with one attached hydrogen (secondary N) is 1. The second-order valence-corrected chi connectivity index (χ2v) is 3.91. The van der Waals surface area contributed by atoms with Crippen molar-refractivity contribution in [2.45, 2.75) is 20.0 Å². The van der Waals surface area contributed by atoms with Gasteiger partial charge in [-0.1, -0.05) is 13.8 Å². The van der Waals surface area contributed by atoms with E-state index in [1.807, 2.05) is 0 Å². The predicted molar refractivity (Wildman–Crippen MR) is 51.6 cm³/mol. The number of aliphatic hydroxyl groups is 1. The third-order valence-corrected chi connectivity index (χ3v) is 2.25. The Kier molecular flexibility index (Phi) is 3.39. The molecule has 5 heteroatoms. The molecule has 0 saturated carbocycles. The van der Waals surface area contributed by atoms with Gasteiger partial charge in [0.2, 0.25) is 0 Å². The van der Waals surface area contributed by atoms with Crippen LogP contribution in [0.3, 0.4) is 0 Å². The molecule has 1 amide bonds. The highest BCUT2D eigenvalue weighted by Crippen LogP contribution is 2.12. The largest absolute Gasteiger partial charge is 0.383 e. The SMILES string of the molecule is CC(C)[C@@H](O)C(=O)Nc1nccs1. The van der Waals surface area contributed by atoms with Crippen molar-refractivity contribution in [2.24, 2.45) is 5.92 Å². The van der Waals surface area contributed by atoms with E-state index in [2.05, 4.69) is 10.3 Å². The van der Waals surface area contributed by atoms with Gasteiger partial charge in [-0.25, -0.2) is 4.98 Å². The first kappa shape index (κ1) is 10.1. The zero-order valence-electron chi connectivity index (χ0n) is 7.52.